The molecule has 0 aromatic heterocycles. The zero-order valence-corrected chi connectivity index (χ0v) is 22.1. The van der Waals surface area contributed by atoms with Crippen molar-refractivity contribution >= 4 is 0 Å². The maximum absolute atomic E-state index is 6.78. The molecule has 13 atom stereocenters. The van der Waals surface area contributed by atoms with Gasteiger partial charge in [-0.25, -0.2) is 0 Å². The molecule has 0 radical (unpaired) electrons. The number of nitrogens with zero attached hydrogens (tertiary/aromatic N) is 1. The Labute approximate surface area is 205 Å². The van der Waals surface area contributed by atoms with E-state index in [1.807, 2.05) is 42.7 Å². The molecule has 194 valence electrons. The molecule has 0 aromatic carbocycles. The largest absolute Gasteiger partial charge is 0.384 e. The predicted molar refractivity (Wildman–Crippen MR) is 127 cm³/mol. The van der Waals surface area contributed by atoms with E-state index in [0.717, 1.165) is 45.4 Å². The monoisotopic (exact) mass is 479 g/mol. The second-order valence-corrected chi connectivity index (χ2v) is 12.1. The van der Waals surface area contributed by atoms with E-state index in [4.69, 9.17) is 28.4 Å². The Bertz CT molecular complexity index is 797. The molecule has 34 heavy (non-hydrogen) atoms. The summed E-state index contributed by atoms with van der Waals surface area (Å²) in [7, 11) is 11.4. The highest BCUT2D eigenvalue weighted by Crippen LogP contribution is 2.80. The number of ether oxygens (including phenoxy) is 6. The molecule has 6 rings (SSSR count). The van der Waals surface area contributed by atoms with Crippen LogP contribution in [0.3, 0.4) is 0 Å². The van der Waals surface area contributed by atoms with Crippen LogP contribution in [-0.4, -0.2) is 103 Å². The normalized spacial score (nSPS) is 57.3. The Morgan fingerprint density at radius 2 is 1.68 bits per heavy atom. The molecule has 1 spiro atoms. The van der Waals surface area contributed by atoms with Crippen LogP contribution in [0.5, 0.6) is 0 Å². The topological polar surface area (TPSA) is 58.6 Å². The minimum atomic E-state index is -0.332. The number of hydrogen-bond acceptors (Lipinski definition) is 7. The Morgan fingerprint density at radius 1 is 0.912 bits per heavy atom. The van der Waals surface area contributed by atoms with Gasteiger partial charge in [0.25, 0.3) is 0 Å². The molecule has 7 nitrogen and oxygen atoms in total. The lowest BCUT2D eigenvalue weighted by atomic mass is 9.43. The number of piperidine rings is 1. The summed E-state index contributed by atoms with van der Waals surface area (Å²) < 4.78 is 38.4. The van der Waals surface area contributed by atoms with Gasteiger partial charge in [-0.15, -0.1) is 0 Å². The van der Waals surface area contributed by atoms with Gasteiger partial charge in [0.05, 0.1) is 36.6 Å². The van der Waals surface area contributed by atoms with Crippen LogP contribution in [-0.2, 0) is 28.4 Å². The molecule has 5 saturated carbocycles. The first kappa shape index (κ1) is 24.1. The second kappa shape index (κ2) is 8.11. The molecule has 7 bridgehead atoms. The number of fused-ring (bicyclic) bond motifs is 2. The highest BCUT2D eigenvalue weighted by Gasteiger charge is 2.87. The minimum absolute atomic E-state index is 0.00594. The van der Waals surface area contributed by atoms with Crippen LogP contribution in [0.4, 0.5) is 0 Å². The zero-order valence-electron chi connectivity index (χ0n) is 22.1. The number of likely N-dealkylation sites (tertiary alicyclic amines) is 1. The van der Waals surface area contributed by atoms with E-state index in [9.17, 15) is 0 Å². The molecule has 1 unspecified atom stereocenters. The molecule has 5 aliphatic carbocycles. The predicted octanol–water partition coefficient (Wildman–Crippen LogP) is 2.46. The van der Waals surface area contributed by atoms with E-state index in [0.29, 0.717) is 29.7 Å². The standard InChI is InChI=1S/C27H45NO6/c1-8-28-13-25(14-29-2)10-9-18(31-4)27-16-11-15-17(30-3)12-26(34-7,19(16)21(15)32-5)20(24(27)28)22(33-6)23(25)27/h15-24H,8-14H2,1-7H3/t15-,16-,17+,18+,19-,20+,21+,22+,23-,24?,25+,26-,27+/m1/s1. The molecule has 0 N–H and O–H groups in total. The van der Waals surface area contributed by atoms with Crippen LogP contribution in [0.25, 0.3) is 0 Å². The van der Waals surface area contributed by atoms with Gasteiger partial charge < -0.3 is 28.4 Å². The van der Waals surface area contributed by atoms with Crippen molar-refractivity contribution in [3.05, 3.63) is 0 Å². The van der Waals surface area contributed by atoms with Crippen molar-refractivity contribution < 1.29 is 28.4 Å². The third-order valence-corrected chi connectivity index (χ3v) is 12.0. The van der Waals surface area contributed by atoms with E-state index in [1.165, 1.54) is 0 Å². The van der Waals surface area contributed by atoms with Crippen molar-refractivity contribution in [1.82, 2.24) is 4.90 Å². The molecule has 6 aliphatic rings. The van der Waals surface area contributed by atoms with Gasteiger partial charge in [0.15, 0.2) is 0 Å². The average Bonchev–Trinajstić information content (AvgIpc) is 3.29. The molecule has 1 aliphatic heterocycles. The van der Waals surface area contributed by atoms with Crippen molar-refractivity contribution in [2.45, 2.75) is 68.7 Å². The molecule has 7 heteroatoms. The summed E-state index contributed by atoms with van der Waals surface area (Å²) in [5, 5.41) is 0. The highest BCUT2D eigenvalue weighted by molar-refractivity contribution is 5.36. The van der Waals surface area contributed by atoms with Crippen LogP contribution < -0.4 is 0 Å². The third kappa shape index (κ3) is 2.44. The summed E-state index contributed by atoms with van der Waals surface area (Å²) in [6.07, 6.45) is 4.84. The van der Waals surface area contributed by atoms with Gasteiger partial charge in [0.1, 0.15) is 0 Å². The van der Waals surface area contributed by atoms with Crippen LogP contribution in [0.1, 0.15) is 32.6 Å². The van der Waals surface area contributed by atoms with Crippen molar-refractivity contribution in [1.29, 1.82) is 0 Å². The van der Waals surface area contributed by atoms with E-state index in [2.05, 4.69) is 11.8 Å². The van der Waals surface area contributed by atoms with Gasteiger partial charge in [0, 0.05) is 96.2 Å². The fraction of sp³-hybridized carbons (Fsp3) is 1.00. The summed E-state index contributed by atoms with van der Waals surface area (Å²) in [5.74, 6) is 1.81. The van der Waals surface area contributed by atoms with Crippen molar-refractivity contribution in [2.75, 3.05) is 62.4 Å². The molecule has 6 fully saturated rings. The van der Waals surface area contributed by atoms with Crippen molar-refractivity contribution in [3.8, 4) is 0 Å². The number of methoxy groups -OCH3 is 6. The lowest BCUT2D eigenvalue weighted by Crippen LogP contribution is -2.76. The second-order valence-electron chi connectivity index (χ2n) is 12.1. The first-order valence-electron chi connectivity index (χ1n) is 13.4. The van der Waals surface area contributed by atoms with Gasteiger partial charge in [-0.1, -0.05) is 6.92 Å². The number of rotatable bonds is 8. The Morgan fingerprint density at radius 3 is 2.26 bits per heavy atom. The van der Waals surface area contributed by atoms with Gasteiger partial charge in [0.2, 0.25) is 0 Å². The lowest BCUT2D eigenvalue weighted by molar-refractivity contribution is -0.283. The van der Waals surface area contributed by atoms with Crippen molar-refractivity contribution in [2.24, 2.45) is 40.4 Å². The van der Waals surface area contributed by atoms with Crippen LogP contribution >= 0.6 is 0 Å². The smallest absolute Gasteiger partial charge is 0.0827 e. The highest BCUT2D eigenvalue weighted by atomic mass is 16.5. The molecule has 1 saturated heterocycles. The quantitative estimate of drug-likeness (QED) is 0.530. The average molecular weight is 480 g/mol. The summed E-state index contributed by atoms with van der Waals surface area (Å²) in [6, 6.07) is 0.371. The zero-order chi connectivity index (χ0) is 24.0. The molecular formula is C27H45NO6. The molecular weight excluding hydrogens is 434 g/mol. The fourth-order valence-electron chi connectivity index (χ4n) is 11.6. The number of hydrogen-bond donors (Lipinski definition) is 0. The summed E-state index contributed by atoms with van der Waals surface area (Å²) >= 11 is 0. The van der Waals surface area contributed by atoms with Gasteiger partial charge in [-0.05, 0) is 31.7 Å². The molecule has 0 amide bonds. The van der Waals surface area contributed by atoms with Gasteiger partial charge in [-0.2, -0.15) is 0 Å². The van der Waals surface area contributed by atoms with Crippen LogP contribution in [0.15, 0.2) is 0 Å². The molecule has 1 heterocycles. The maximum atomic E-state index is 6.78. The van der Waals surface area contributed by atoms with E-state index >= 15 is 0 Å². The minimum Gasteiger partial charge on any atom is -0.384 e. The van der Waals surface area contributed by atoms with E-state index in [-0.39, 0.29) is 46.8 Å². The summed E-state index contributed by atoms with van der Waals surface area (Å²) in [6.45, 7) is 5.20. The Kier molecular flexibility index (Phi) is 5.74. The van der Waals surface area contributed by atoms with Crippen LogP contribution in [0.2, 0.25) is 0 Å². The maximum Gasteiger partial charge on any atom is 0.0827 e. The van der Waals surface area contributed by atoms with E-state index in [1.54, 1.807) is 0 Å². The van der Waals surface area contributed by atoms with Gasteiger partial charge >= 0.3 is 0 Å². The first-order valence-corrected chi connectivity index (χ1v) is 13.4. The SMILES string of the molecule is CCN1C[C@]2(COC)CC[C@H](OC)[C@]34C1[C@H]([C@H](OC)[C@H]23)[C@@]1(OC)C[C@H](OC)[C@H]2C[C@@H]4[C@@H]1[C@H]2OC. The Balaban J connectivity index is 1.65. The van der Waals surface area contributed by atoms with Gasteiger partial charge in [-0.3, -0.25) is 4.90 Å². The third-order valence-electron chi connectivity index (χ3n) is 12.0. The van der Waals surface area contributed by atoms with Crippen molar-refractivity contribution in [3.63, 3.8) is 0 Å². The summed E-state index contributed by atoms with van der Waals surface area (Å²) in [4.78, 5) is 2.77. The fourth-order valence-corrected chi connectivity index (χ4v) is 11.6. The first-order chi connectivity index (χ1) is 16.5. The van der Waals surface area contributed by atoms with E-state index < -0.39 is 0 Å². The van der Waals surface area contributed by atoms with Crippen LogP contribution in [0, 0.1) is 40.4 Å². The lowest BCUT2D eigenvalue weighted by Gasteiger charge is -2.69. The molecule has 0 aromatic rings. The summed E-state index contributed by atoms with van der Waals surface area (Å²) in [5.41, 5.74) is -0.256. The Hall–Kier alpha value is -0.280.